The van der Waals surface area contributed by atoms with Crippen LogP contribution in [0.5, 0.6) is 0 Å². The van der Waals surface area contributed by atoms with Crippen molar-refractivity contribution in [3.63, 3.8) is 0 Å². The molecule has 0 aliphatic heterocycles. The van der Waals surface area contributed by atoms with Crippen molar-refractivity contribution in [3.8, 4) is 5.69 Å². The van der Waals surface area contributed by atoms with Crippen molar-refractivity contribution in [2.24, 2.45) is 0 Å². The summed E-state index contributed by atoms with van der Waals surface area (Å²) in [6, 6.07) is 15.4. The molecule has 1 heterocycles. The van der Waals surface area contributed by atoms with E-state index >= 15 is 0 Å². The van der Waals surface area contributed by atoms with Crippen LogP contribution < -0.4 is 5.32 Å². The van der Waals surface area contributed by atoms with Crippen LogP contribution in [-0.2, 0) is 11.2 Å². The maximum Gasteiger partial charge on any atom is 0.216 e. The van der Waals surface area contributed by atoms with Crippen LogP contribution in [0.25, 0.3) is 5.69 Å². The van der Waals surface area contributed by atoms with Crippen LogP contribution in [0.1, 0.15) is 29.5 Å². The maximum absolute atomic E-state index is 14.5. The Morgan fingerprint density at radius 1 is 1.07 bits per heavy atom. The van der Waals surface area contributed by atoms with Crippen molar-refractivity contribution >= 4 is 23.5 Å². The average Bonchev–Trinajstić information content (AvgIpc) is 3.13. The minimum atomic E-state index is -0.397. The maximum atomic E-state index is 14.5. The lowest BCUT2D eigenvalue weighted by atomic mass is 10.2. The summed E-state index contributed by atoms with van der Waals surface area (Å²) in [6.07, 6.45) is 1.15. The number of aromatic nitrogens is 3. The van der Waals surface area contributed by atoms with E-state index in [1.807, 2.05) is 18.2 Å². The van der Waals surface area contributed by atoms with Gasteiger partial charge in [-0.15, -0.1) is 10.2 Å². The highest BCUT2D eigenvalue weighted by Crippen LogP contribution is 2.25. The molecule has 0 aliphatic carbocycles. The Bertz CT molecular complexity index is 991. The van der Waals surface area contributed by atoms with Gasteiger partial charge in [-0.2, -0.15) is 0 Å². The molecule has 0 spiro atoms. The molecule has 0 bridgehead atoms. The summed E-state index contributed by atoms with van der Waals surface area (Å²) in [6.45, 7) is 1.95. The van der Waals surface area contributed by atoms with Crippen molar-refractivity contribution in [2.45, 2.75) is 24.9 Å². The number of hydrogen-bond donors (Lipinski definition) is 1. The molecule has 6 nitrogen and oxygen atoms in total. The number of hydrogen-bond acceptors (Lipinski definition) is 5. The second-order valence-electron chi connectivity index (χ2n) is 6.35. The van der Waals surface area contributed by atoms with Crippen molar-refractivity contribution in [3.05, 3.63) is 71.8 Å². The Morgan fingerprint density at radius 2 is 1.79 bits per heavy atom. The Hall–Kier alpha value is -3.00. The van der Waals surface area contributed by atoms with Gasteiger partial charge in [0.15, 0.2) is 10.9 Å². The van der Waals surface area contributed by atoms with Crippen LogP contribution in [0.4, 0.5) is 4.39 Å². The number of carbonyl (C=O) groups is 2. The molecule has 0 atom stereocenters. The molecule has 8 heteroatoms. The fourth-order valence-electron chi connectivity index (χ4n) is 2.78. The molecule has 0 aliphatic rings. The van der Waals surface area contributed by atoms with Crippen molar-refractivity contribution in [1.82, 2.24) is 20.1 Å². The van der Waals surface area contributed by atoms with E-state index in [0.717, 1.165) is 0 Å². The summed E-state index contributed by atoms with van der Waals surface area (Å²) >= 11 is 1.22. The van der Waals surface area contributed by atoms with Gasteiger partial charge in [-0.3, -0.25) is 14.2 Å². The van der Waals surface area contributed by atoms with Crippen LogP contribution in [0.3, 0.4) is 0 Å². The van der Waals surface area contributed by atoms with E-state index < -0.39 is 5.82 Å². The largest absolute Gasteiger partial charge is 0.356 e. The van der Waals surface area contributed by atoms with Crippen LogP contribution in [0.15, 0.2) is 59.8 Å². The van der Waals surface area contributed by atoms with Gasteiger partial charge in [0, 0.05) is 25.5 Å². The van der Waals surface area contributed by atoms with Gasteiger partial charge in [-0.1, -0.05) is 54.2 Å². The van der Waals surface area contributed by atoms with Crippen molar-refractivity contribution in [2.75, 3.05) is 12.3 Å². The van der Waals surface area contributed by atoms with Crippen LogP contribution in [0.2, 0.25) is 0 Å². The number of rotatable bonds is 9. The van der Waals surface area contributed by atoms with Crippen LogP contribution in [-0.4, -0.2) is 38.8 Å². The lowest BCUT2D eigenvalue weighted by Crippen LogP contribution is -2.21. The number of thioether (sulfide) groups is 1. The quantitative estimate of drug-likeness (QED) is 0.331. The van der Waals surface area contributed by atoms with E-state index in [4.69, 9.17) is 0 Å². The highest BCUT2D eigenvalue weighted by Gasteiger charge is 2.18. The summed E-state index contributed by atoms with van der Waals surface area (Å²) in [7, 11) is 0. The summed E-state index contributed by atoms with van der Waals surface area (Å²) < 4.78 is 16.1. The predicted octanol–water partition coefficient (Wildman–Crippen LogP) is 3.45. The molecular formula is C21H21FN4O2S. The lowest BCUT2D eigenvalue weighted by Gasteiger charge is -2.11. The lowest BCUT2D eigenvalue weighted by molar-refractivity contribution is -0.118. The second-order valence-corrected chi connectivity index (χ2v) is 7.29. The smallest absolute Gasteiger partial charge is 0.216 e. The van der Waals surface area contributed by atoms with Gasteiger partial charge in [0.1, 0.15) is 11.6 Å². The zero-order chi connectivity index (χ0) is 20.6. The number of Topliss-reactive ketones (excluding diaryl/α,β-unsaturated/α-hetero) is 1. The van der Waals surface area contributed by atoms with Crippen molar-refractivity contribution < 1.29 is 14.0 Å². The molecule has 0 unspecified atom stereocenters. The Morgan fingerprint density at radius 3 is 2.52 bits per heavy atom. The summed E-state index contributed by atoms with van der Waals surface area (Å²) in [5, 5.41) is 11.6. The molecule has 3 aromatic rings. The highest BCUT2D eigenvalue weighted by molar-refractivity contribution is 7.99. The molecule has 1 N–H and O–H groups in total. The number of ketones is 1. The number of carbonyl (C=O) groups excluding carboxylic acids is 2. The average molecular weight is 412 g/mol. The molecule has 1 aromatic heterocycles. The van der Waals surface area contributed by atoms with Crippen LogP contribution >= 0.6 is 11.8 Å². The van der Waals surface area contributed by atoms with Gasteiger partial charge in [-0.05, 0) is 18.6 Å². The third kappa shape index (κ3) is 5.51. The first-order valence-electron chi connectivity index (χ1n) is 9.21. The Labute approximate surface area is 172 Å². The fraction of sp³-hybridized carbons (Fsp3) is 0.238. The zero-order valence-corrected chi connectivity index (χ0v) is 16.8. The van der Waals surface area contributed by atoms with Gasteiger partial charge in [-0.25, -0.2) is 4.39 Å². The number of benzene rings is 2. The first kappa shape index (κ1) is 20.7. The third-order valence-electron chi connectivity index (χ3n) is 4.17. The van der Waals surface area contributed by atoms with E-state index in [-0.39, 0.29) is 17.4 Å². The summed E-state index contributed by atoms with van der Waals surface area (Å²) in [5.41, 5.74) is 0.953. The molecular weight excluding hydrogens is 391 g/mol. The number of nitrogens with one attached hydrogen (secondary N) is 1. The molecule has 0 fully saturated rings. The molecule has 0 saturated carbocycles. The topological polar surface area (TPSA) is 76.9 Å². The number of aryl methyl sites for hydroxylation is 1. The SMILES string of the molecule is CC(=O)NCCCc1nnc(SCC(=O)c2ccccc2)n1-c1ccccc1F. The molecule has 29 heavy (non-hydrogen) atoms. The molecule has 2 aromatic carbocycles. The fourth-order valence-corrected chi connectivity index (χ4v) is 3.64. The van der Waals surface area contributed by atoms with Crippen molar-refractivity contribution in [1.29, 1.82) is 0 Å². The van der Waals surface area contributed by atoms with Gasteiger partial charge >= 0.3 is 0 Å². The van der Waals surface area contributed by atoms with E-state index in [1.54, 1.807) is 34.9 Å². The number of amides is 1. The second kappa shape index (κ2) is 9.97. The molecule has 1 amide bonds. The first-order valence-corrected chi connectivity index (χ1v) is 10.2. The number of para-hydroxylation sites is 1. The van der Waals surface area contributed by atoms with Gasteiger partial charge in [0.2, 0.25) is 5.91 Å². The zero-order valence-electron chi connectivity index (χ0n) is 16.0. The minimum absolute atomic E-state index is 0.0362. The minimum Gasteiger partial charge on any atom is -0.356 e. The van der Waals surface area contributed by atoms with E-state index in [9.17, 15) is 14.0 Å². The summed E-state index contributed by atoms with van der Waals surface area (Å²) in [5.74, 6) is 0.214. The Balaban J connectivity index is 1.80. The molecule has 3 rings (SSSR count). The molecule has 0 radical (unpaired) electrons. The number of halogens is 1. The van der Waals surface area contributed by atoms with Gasteiger partial charge in [0.25, 0.3) is 0 Å². The summed E-state index contributed by atoms with van der Waals surface area (Å²) in [4.78, 5) is 23.5. The predicted molar refractivity (Wildman–Crippen MR) is 110 cm³/mol. The standard InChI is InChI=1S/C21H21FN4O2S/c1-15(27)23-13-7-12-20-24-25-21(26(20)18-11-6-5-10-17(18)22)29-14-19(28)16-8-3-2-4-9-16/h2-6,8-11H,7,12-14H2,1H3,(H,23,27). The van der Waals surface area contributed by atoms with E-state index in [1.165, 1.54) is 24.8 Å². The first-order chi connectivity index (χ1) is 14.1. The van der Waals surface area contributed by atoms with E-state index in [2.05, 4.69) is 15.5 Å². The normalized spacial score (nSPS) is 10.7. The third-order valence-corrected chi connectivity index (χ3v) is 5.10. The van der Waals surface area contributed by atoms with Gasteiger partial charge in [0.05, 0.1) is 11.4 Å². The van der Waals surface area contributed by atoms with Crippen LogP contribution in [0, 0.1) is 5.82 Å². The monoisotopic (exact) mass is 412 g/mol. The molecule has 0 saturated heterocycles. The Kier molecular flexibility index (Phi) is 7.13. The van der Waals surface area contributed by atoms with Gasteiger partial charge < -0.3 is 5.32 Å². The number of nitrogens with zero attached hydrogens (tertiary/aromatic N) is 3. The highest BCUT2D eigenvalue weighted by atomic mass is 32.2. The van der Waals surface area contributed by atoms with E-state index in [0.29, 0.717) is 41.6 Å². The molecule has 150 valence electrons.